The Morgan fingerprint density at radius 3 is 2.72 bits per heavy atom. The molecule has 1 fully saturated rings. The third-order valence-electron chi connectivity index (χ3n) is 4.99. The molecule has 9 nitrogen and oxygen atoms in total. The summed E-state index contributed by atoms with van der Waals surface area (Å²) in [7, 11) is -3.15. The monoisotopic (exact) mass is 424 g/mol. The van der Waals surface area contributed by atoms with Crippen molar-refractivity contribution in [2.75, 3.05) is 23.4 Å². The Morgan fingerprint density at radius 2 is 2.07 bits per heavy atom. The molecule has 0 aromatic heterocycles. The summed E-state index contributed by atoms with van der Waals surface area (Å²) < 4.78 is 34.2. The lowest BCUT2D eigenvalue weighted by atomic mass is 10.1. The molecule has 2 heterocycles. The zero-order valence-corrected chi connectivity index (χ0v) is 17.1. The second-order valence-corrected chi connectivity index (χ2v) is 9.34. The van der Waals surface area contributed by atoms with Gasteiger partial charge in [-0.25, -0.2) is 8.42 Å². The number of nitrogens with one attached hydrogen (secondary N) is 1. The molecule has 29 heavy (non-hydrogen) atoms. The van der Waals surface area contributed by atoms with Gasteiger partial charge >= 0.3 is 5.97 Å². The molecule has 1 aromatic rings. The summed E-state index contributed by atoms with van der Waals surface area (Å²) in [6, 6.07) is 6.44. The van der Waals surface area contributed by atoms with Crippen molar-refractivity contribution in [2.45, 2.75) is 44.9 Å². The highest BCUT2D eigenvalue weighted by Gasteiger charge is 2.37. The Bertz CT molecular complexity index is 915. The maximum atomic E-state index is 12.7. The maximum absolute atomic E-state index is 12.7. The van der Waals surface area contributed by atoms with Crippen LogP contribution in [0.5, 0.6) is 5.75 Å². The lowest BCUT2D eigenvalue weighted by molar-refractivity contribution is -0.161. The summed E-state index contributed by atoms with van der Waals surface area (Å²) in [5, 5.41) is 2.66. The van der Waals surface area contributed by atoms with Gasteiger partial charge in [-0.15, -0.1) is 0 Å². The Labute approximate surface area is 169 Å². The van der Waals surface area contributed by atoms with Crippen molar-refractivity contribution in [3.63, 3.8) is 0 Å². The molecule has 1 N–H and O–H groups in total. The van der Waals surface area contributed by atoms with Crippen molar-refractivity contribution in [1.82, 2.24) is 4.90 Å². The Balaban J connectivity index is 1.57. The fourth-order valence-electron chi connectivity index (χ4n) is 3.52. The van der Waals surface area contributed by atoms with Crippen molar-refractivity contribution in [2.24, 2.45) is 0 Å². The summed E-state index contributed by atoms with van der Waals surface area (Å²) >= 11 is 0. The van der Waals surface area contributed by atoms with Gasteiger partial charge in [-0.2, -0.15) is 0 Å². The third-order valence-corrected chi connectivity index (χ3v) is 6.74. The minimum atomic E-state index is -3.15. The van der Waals surface area contributed by atoms with Gasteiger partial charge in [0.15, 0.2) is 22.0 Å². The zero-order chi connectivity index (χ0) is 21.2. The Hall–Kier alpha value is -2.62. The number of fused-ring (bicyclic) bond motifs is 1. The quantitative estimate of drug-likeness (QED) is 0.669. The fraction of sp³-hybridized carbons (Fsp3) is 0.526. The molecule has 3 atom stereocenters. The van der Waals surface area contributed by atoms with Gasteiger partial charge < -0.3 is 19.7 Å². The van der Waals surface area contributed by atoms with Crippen LogP contribution < -0.4 is 10.1 Å². The zero-order valence-electron chi connectivity index (χ0n) is 16.3. The molecule has 0 radical (unpaired) electrons. The van der Waals surface area contributed by atoms with Crippen molar-refractivity contribution < 1.29 is 32.3 Å². The van der Waals surface area contributed by atoms with Crippen LogP contribution in [0.15, 0.2) is 24.3 Å². The van der Waals surface area contributed by atoms with Gasteiger partial charge in [0.25, 0.3) is 11.8 Å². The fourth-order valence-corrected chi connectivity index (χ4v) is 5.25. The lowest BCUT2D eigenvalue weighted by Crippen LogP contribution is -2.47. The molecule has 3 rings (SSSR count). The maximum Gasteiger partial charge on any atom is 0.310 e. The topological polar surface area (TPSA) is 119 Å². The van der Waals surface area contributed by atoms with E-state index in [1.54, 1.807) is 31.2 Å². The largest absolute Gasteiger partial charge is 0.478 e. The third kappa shape index (κ3) is 4.87. The van der Waals surface area contributed by atoms with E-state index in [9.17, 15) is 22.8 Å². The van der Waals surface area contributed by atoms with Gasteiger partial charge in [-0.1, -0.05) is 12.1 Å². The van der Waals surface area contributed by atoms with Crippen LogP contribution in [0.4, 0.5) is 5.69 Å². The molecule has 0 spiro atoms. The van der Waals surface area contributed by atoms with E-state index in [0.717, 1.165) is 0 Å². The van der Waals surface area contributed by atoms with Crippen LogP contribution in [-0.2, 0) is 29.0 Å². The molecule has 2 amide bonds. The molecule has 3 unspecified atom stereocenters. The van der Waals surface area contributed by atoms with Gasteiger partial charge in [-0.05, 0) is 32.4 Å². The number of para-hydroxylation sites is 2. The molecule has 10 heteroatoms. The predicted molar refractivity (Wildman–Crippen MR) is 104 cm³/mol. The highest BCUT2D eigenvalue weighted by atomic mass is 32.2. The summed E-state index contributed by atoms with van der Waals surface area (Å²) in [5.41, 5.74) is 0.524. The van der Waals surface area contributed by atoms with E-state index in [-0.39, 0.29) is 17.9 Å². The number of amides is 2. The molecule has 0 aliphatic carbocycles. The molecule has 0 bridgehead atoms. The molecule has 2 aliphatic rings. The van der Waals surface area contributed by atoms with Gasteiger partial charge in [-0.3, -0.25) is 14.4 Å². The highest BCUT2D eigenvalue weighted by molar-refractivity contribution is 7.91. The van der Waals surface area contributed by atoms with E-state index in [1.807, 2.05) is 0 Å². The lowest BCUT2D eigenvalue weighted by Gasteiger charge is -2.29. The molecular weight excluding hydrogens is 400 g/mol. The minimum absolute atomic E-state index is 0.0468. The van der Waals surface area contributed by atoms with E-state index in [4.69, 9.17) is 9.47 Å². The number of rotatable bonds is 6. The normalized spacial score (nSPS) is 23.3. The standard InChI is InChI=1S/C19H24N2O7S/c1-3-21(13-8-9-29(25,26)11-13)19(24)12(2)27-17(22)10-16-18(23)20-14-6-4-5-7-15(14)28-16/h4-7,12-13,16H,3,8-11H2,1-2H3,(H,20,23). The first kappa shape index (κ1) is 21.1. The van der Waals surface area contributed by atoms with Crippen molar-refractivity contribution in [1.29, 1.82) is 0 Å². The van der Waals surface area contributed by atoms with Crippen LogP contribution in [0.3, 0.4) is 0 Å². The summed E-state index contributed by atoms with van der Waals surface area (Å²) in [6.45, 7) is 3.49. The van der Waals surface area contributed by atoms with Gasteiger partial charge in [0.2, 0.25) is 0 Å². The number of carbonyl (C=O) groups is 3. The number of hydrogen-bond acceptors (Lipinski definition) is 7. The average Bonchev–Trinajstić information content (AvgIpc) is 3.02. The number of anilines is 1. The number of esters is 1. The number of carbonyl (C=O) groups excluding carboxylic acids is 3. The SMILES string of the molecule is CCN(C(=O)C(C)OC(=O)CC1Oc2ccccc2NC1=O)C1CCS(=O)(=O)C1. The molecule has 1 saturated heterocycles. The second kappa shape index (κ2) is 8.40. The van der Waals surface area contributed by atoms with Crippen LogP contribution in [-0.4, -0.2) is 67.4 Å². The first-order valence-electron chi connectivity index (χ1n) is 9.47. The second-order valence-electron chi connectivity index (χ2n) is 7.11. The summed E-state index contributed by atoms with van der Waals surface area (Å²) in [4.78, 5) is 38.5. The molecule has 158 valence electrons. The van der Waals surface area contributed by atoms with Crippen LogP contribution in [0.1, 0.15) is 26.7 Å². The number of sulfone groups is 1. The smallest absolute Gasteiger partial charge is 0.310 e. The number of ether oxygens (including phenoxy) is 2. The van der Waals surface area contributed by atoms with Crippen molar-refractivity contribution in [3.05, 3.63) is 24.3 Å². The highest BCUT2D eigenvalue weighted by Crippen LogP contribution is 2.29. The average molecular weight is 424 g/mol. The van der Waals surface area contributed by atoms with Crippen LogP contribution in [0.2, 0.25) is 0 Å². The first-order chi connectivity index (χ1) is 13.7. The van der Waals surface area contributed by atoms with Crippen molar-refractivity contribution >= 4 is 33.3 Å². The Kier molecular flexibility index (Phi) is 6.11. The van der Waals surface area contributed by atoms with Gasteiger partial charge in [0, 0.05) is 12.6 Å². The molecule has 1 aromatic carbocycles. The van der Waals surface area contributed by atoms with E-state index in [1.165, 1.54) is 11.8 Å². The molecule has 2 aliphatic heterocycles. The number of hydrogen-bond donors (Lipinski definition) is 1. The Morgan fingerprint density at radius 1 is 1.34 bits per heavy atom. The number of likely N-dealkylation sites (N-methyl/N-ethyl adjacent to an activating group) is 1. The summed E-state index contributed by atoms with van der Waals surface area (Å²) in [6.07, 6.45) is -2.12. The number of nitrogens with zero attached hydrogens (tertiary/aromatic N) is 1. The van der Waals surface area contributed by atoms with E-state index in [2.05, 4.69) is 5.32 Å². The van der Waals surface area contributed by atoms with Crippen molar-refractivity contribution in [3.8, 4) is 5.75 Å². The van der Waals surface area contributed by atoms with E-state index in [0.29, 0.717) is 24.4 Å². The van der Waals surface area contributed by atoms with E-state index >= 15 is 0 Å². The van der Waals surface area contributed by atoms with Gasteiger partial charge in [0.05, 0.1) is 23.6 Å². The number of benzene rings is 1. The minimum Gasteiger partial charge on any atom is -0.478 e. The van der Waals surface area contributed by atoms with Crippen LogP contribution >= 0.6 is 0 Å². The van der Waals surface area contributed by atoms with Gasteiger partial charge in [0.1, 0.15) is 5.75 Å². The first-order valence-corrected chi connectivity index (χ1v) is 11.3. The van der Waals surface area contributed by atoms with Crippen LogP contribution in [0.25, 0.3) is 0 Å². The molecule has 0 saturated carbocycles. The van der Waals surface area contributed by atoms with Crippen LogP contribution in [0, 0.1) is 0 Å². The predicted octanol–water partition coefficient (Wildman–Crippen LogP) is 0.743. The van der Waals surface area contributed by atoms with E-state index < -0.39 is 45.9 Å². The summed E-state index contributed by atoms with van der Waals surface area (Å²) in [5.74, 6) is -1.25. The molecular formula is C19H24N2O7S.